The van der Waals surface area contributed by atoms with Crippen molar-refractivity contribution in [1.82, 2.24) is 0 Å². The number of carbonyl (C=O) groups excluding carboxylic acids is 1. The van der Waals surface area contributed by atoms with Crippen molar-refractivity contribution in [1.29, 1.82) is 0 Å². The number of methoxy groups -OCH3 is 1. The van der Waals surface area contributed by atoms with Crippen LogP contribution in [-0.2, 0) is 9.53 Å². The van der Waals surface area contributed by atoms with Crippen LogP contribution in [0.1, 0.15) is 38.2 Å². The molecule has 0 spiro atoms. The summed E-state index contributed by atoms with van der Waals surface area (Å²) in [6.45, 7) is 4.69. The summed E-state index contributed by atoms with van der Waals surface area (Å²) in [5.41, 5.74) is 1.09. The summed E-state index contributed by atoms with van der Waals surface area (Å²) in [5, 5.41) is 8.68. The van der Waals surface area contributed by atoms with Gasteiger partial charge in [0.25, 0.3) is 0 Å². The summed E-state index contributed by atoms with van der Waals surface area (Å²) in [5.74, 6) is 0.550. The highest BCUT2D eigenvalue weighted by molar-refractivity contribution is 5.73. The van der Waals surface area contributed by atoms with Crippen LogP contribution in [0, 0.1) is 5.92 Å². The minimum absolute atomic E-state index is 0.103. The van der Waals surface area contributed by atoms with Gasteiger partial charge in [-0.15, -0.1) is 0 Å². The highest BCUT2D eigenvalue weighted by atomic mass is 16.5. The number of aliphatic hydroxyl groups excluding tert-OH is 1. The first-order chi connectivity index (χ1) is 9.60. The van der Waals surface area contributed by atoms with Crippen LogP contribution in [0.15, 0.2) is 24.3 Å². The highest BCUT2D eigenvalue weighted by Crippen LogP contribution is 2.26. The van der Waals surface area contributed by atoms with Crippen LogP contribution in [0.25, 0.3) is 0 Å². The Labute approximate surface area is 120 Å². The van der Waals surface area contributed by atoms with E-state index in [4.69, 9.17) is 14.6 Å². The normalized spacial score (nSPS) is 13.6. The third kappa shape index (κ3) is 4.85. The molecule has 1 N–H and O–H groups in total. The van der Waals surface area contributed by atoms with Crippen molar-refractivity contribution in [3.05, 3.63) is 29.8 Å². The van der Waals surface area contributed by atoms with Gasteiger partial charge in [-0.1, -0.05) is 26.0 Å². The molecule has 0 aromatic heterocycles. The average Bonchev–Trinajstić information content (AvgIpc) is 2.50. The molecule has 2 unspecified atom stereocenters. The van der Waals surface area contributed by atoms with Gasteiger partial charge in [0.1, 0.15) is 5.75 Å². The molecule has 0 aliphatic heterocycles. The van der Waals surface area contributed by atoms with E-state index in [1.54, 1.807) is 0 Å². The Kier molecular flexibility index (Phi) is 7.09. The Bertz CT molecular complexity index is 399. The Balaban J connectivity index is 2.55. The van der Waals surface area contributed by atoms with E-state index in [2.05, 4.69) is 0 Å². The van der Waals surface area contributed by atoms with Crippen molar-refractivity contribution < 1.29 is 19.4 Å². The molecule has 0 saturated carbocycles. The summed E-state index contributed by atoms with van der Waals surface area (Å²) in [6.07, 6.45) is 1.60. The van der Waals surface area contributed by atoms with Gasteiger partial charge in [0, 0.05) is 6.61 Å². The highest BCUT2D eigenvalue weighted by Gasteiger charge is 2.22. The van der Waals surface area contributed by atoms with E-state index in [0.717, 1.165) is 24.2 Å². The first-order valence-corrected chi connectivity index (χ1v) is 7.01. The Morgan fingerprint density at radius 1 is 1.20 bits per heavy atom. The van der Waals surface area contributed by atoms with Crippen LogP contribution in [-0.4, -0.2) is 31.4 Å². The topological polar surface area (TPSA) is 55.8 Å². The summed E-state index contributed by atoms with van der Waals surface area (Å²) in [4.78, 5) is 11.5. The first-order valence-electron chi connectivity index (χ1n) is 7.01. The lowest BCUT2D eigenvalue weighted by atomic mass is 9.89. The SMILES string of the molecule is COC(=O)C(C)C(C)c1ccc(OCCCCO)cc1. The molecule has 2 atom stereocenters. The van der Waals surface area contributed by atoms with Gasteiger partial charge in [-0.25, -0.2) is 0 Å². The zero-order chi connectivity index (χ0) is 15.0. The largest absolute Gasteiger partial charge is 0.494 e. The molecule has 1 rings (SSSR count). The molecule has 0 amide bonds. The summed E-state index contributed by atoms with van der Waals surface area (Å²) in [6, 6.07) is 7.78. The summed E-state index contributed by atoms with van der Waals surface area (Å²) < 4.78 is 10.3. The number of hydrogen-bond acceptors (Lipinski definition) is 4. The van der Waals surface area contributed by atoms with Crippen LogP contribution in [0.4, 0.5) is 0 Å². The second-order valence-electron chi connectivity index (χ2n) is 4.95. The van der Waals surface area contributed by atoms with E-state index >= 15 is 0 Å². The fourth-order valence-electron chi connectivity index (χ4n) is 1.95. The second-order valence-corrected chi connectivity index (χ2v) is 4.95. The Morgan fingerprint density at radius 2 is 1.85 bits per heavy atom. The van der Waals surface area contributed by atoms with Crippen LogP contribution in [0.5, 0.6) is 5.75 Å². The second kappa shape index (κ2) is 8.59. The number of benzene rings is 1. The van der Waals surface area contributed by atoms with Gasteiger partial charge in [-0.3, -0.25) is 4.79 Å². The summed E-state index contributed by atoms with van der Waals surface area (Å²) in [7, 11) is 1.41. The molecule has 4 nitrogen and oxygen atoms in total. The van der Waals surface area contributed by atoms with E-state index in [-0.39, 0.29) is 24.4 Å². The lowest BCUT2D eigenvalue weighted by molar-refractivity contribution is -0.145. The average molecular weight is 280 g/mol. The maximum absolute atomic E-state index is 11.5. The molecule has 112 valence electrons. The number of rotatable bonds is 8. The Morgan fingerprint density at radius 3 is 2.40 bits per heavy atom. The fourth-order valence-corrected chi connectivity index (χ4v) is 1.95. The van der Waals surface area contributed by atoms with E-state index < -0.39 is 0 Å². The maximum atomic E-state index is 11.5. The molecule has 1 aromatic carbocycles. The van der Waals surface area contributed by atoms with E-state index in [1.165, 1.54) is 7.11 Å². The van der Waals surface area contributed by atoms with Crippen LogP contribution in [0.2, 0.25) is 0 Å². The number of hydrogen-bond donors (Lipinski definition) is 1. The molecule has 20 heavy (non-hydrogen) atoms. The first kappa shape index (κ1) is 16.5. The quantitative estimate of drug-likeness (QED) is 0.587. The number of ether oxygens (including phenoxy) is 2. The van der Waals surface area contributed by atoms with Gasteiger partial charge < -0.3 is 14.6 Å². The third-order valence-electron chi connectivity index (χ3n) is 3.55. The van der Waals surface area contributed by atoms with Crippen molar-refractivity contribution in [2.24, 2.45) is 5.92 Å². The standard InChI is InChI=1S/C16H24O4/c1-12(13(2)16(18)19-3)14-6-8-15(9-7-14)20-11-5-4-10-17/h6-9,12-13,17H,4-5,10-11H2,1-3H3. The molecular weight excluding hydrogens is 256 g/mol. The van der Waals surface area contributed by atoms with E-state index in [9.17, 15) is 4.79 Å². The maximum Gasteiger partial charge on any atom is 0.308 e. The molecular formula is C16H24O4. The molecule has 0 aliphatic rings. The van der Waals surface area contributed by atoms with E-state index in [0.29, 0.717) is 6.61 Å². The minimum Gasteiger partial charge on any atom is -0.494 e. The molecule has 0 heterocycles. The molecule has 1 aromatic rings. The molecule has 0 bridgehead atoms. The van der Waals surface area contributed by atoms with Crippen molar-refractivity contribution in [3.8, 4) is 5.75 Å². The molecule has 0 aliphatic carbocycles. The minimum atomic E-state index is -0.193. The molecule has 0 fully saturated rings. The molecule has 4 heteroatoms. The van der Waals surface area contributed by atoms with E-state index in [1.807, 2.05) is 38.1 Å². The smallest absolute Gasteiger partial charge is 0.308 e. The fraction of sp³-hybridized carbons (Fsp3) is 0.562. The van der Waals surface area contributed by atoms with Crippen LogP contribution in [0.3, 0.4) is 0 Å². The van der Waals surface area contributed by atoms with Gasteiger partial charge in [-0.2, -0.15) is 0 Å². The van der Waals surface area contributed by atoms with Gasteiger partial charge >= 0.3 is 5.97 Å². The van der Waals surface area contributed by atoms with Crippen molar-refractivity contribution in [2.75, 3.05) is 20.3 Å². The number of unbranched alkanes of at least 4 members (excludes halogenated alkanes) is 1. The van der Waals surface area contributed by atoms with Gasteiger partial charge in [0.15, 0.2) is 0 Å². The van der Waals surface area contributed by atoms with Crippen LogP contribution < -0.4 is 4.74 Å². The predicted molar refractivity (Wildman–Crippen MR) is 77.9 cm³/mol. The number of carbonyl (C=O) groups is 1. The monoisotopic (exact) mass is 280 g/mol. The zero-order valence-electron chi connectivity index (χ0n) is 12.5. The zero-order valence-corrected chi connectivity index (χ0v) is 12.5. The van der Waals surface area contributed by atoms with Crippen molar-refractivity contribution in [2.45, 2.75) is 32.6 Å². The molecule has 0 radical (unpaired) electrons. The third-order valence-corrected chi connectivity index (χ3v) is 3.55. The van der Waals surface area contributed by atoms with Crippen LogP contribution >= 0.6 is 0 Å². The van der Waals surface area contributed by atoms with Gasteiger partial charge in [-0.05, 0) is 36.5 Å². The van der Waals surface area contributed by atoms with Gasteiger partial charge in [0.2, 0.25) is 0 Å². The summed E-state index contributed by atoms with van der Waals surface area (Å²) >= 11 is 0. The predicted octanol–water partition coefficient (Wildman–Crippen LogP) is 2.75. The van der Waals surface area contributed by atoms with Crippen molar-refractivity contribution >= 4 is 5.97 Å². The Hall–Kier alpha value is -1.55. The number of aliphatic hydroxyl groups is 1. The lowest BCUT2D eigenvalue weighted by Crippen LogP contribution is -2.18. The number of esters is 1. The lowest BCUT2D eigenvalue weighted by Gasteiger charge is -2.18. The van der Waals surface area contributed by atoms with Crippen molar-refractivity contribution in [3.63, 3.8) is 0 Å². The van der Waals surface area contributed by atoms with Gasteiger partial charge in [0.05, 0.1) is 19.6 Å². The molecule has 0 saturated heterocycles.